The van der Waals surface area contributed by atoms with Gasteiger partial charge in [-0.05, 0) is 25.5 Å². The summed E-state index contributed by atoms with van der Waals surface area (Å²) in [5.41, 5.74) is 4.58. The molecule has 3 amide bonds. The molecule has 1 aromatic rings. The zero-order valence-electron chi connectivity index (χ0n) is 9.88. The van der Waals surface area contributed by atoms with Gasteiger partial charge in [0.15, 0.2) is 5.82 Å². The number of amides is 3. The molecule has 1 rings (SSSR count). The summed E-state index contributed by atoms with van der Waals surface area (Å²) in [6.07, 6.45) is 0. The van der Waals surface area contributed by atoms with E-state index in [2.05, 4.69) is 5.32 Å². The van der Waals surface area contributed by atoms with E-state index in [4.69, 9.17) is 5.73 Å². The summed E-state index contributed by atoms with van der Waals surface area (Å²) in [4.78, 5) is 21.8. The lowest BCUT2D eigenvalue weighted by Gasteiger charge is -2.15. The maximum atomic E-state index is 13.6. The molecular weight excluding hydrogens is 244 g/mol. The van der Waals surface area contributed by atoms with Gasteiger partial charge in [-0.3, -0.25) is 10.1 Å². The quantitative estimate of drug-likeness (QED) is 0.762. The Labute approximate surface area is 102 Å². The van der Waals surface area contributed by atoms with E-state index in [0.29, 0.717) is 0 Å². The molecule has 0 spiro atoms. The number of rotatable bonds is 3. The highest BCUT2D eigenvalue weighted by Gasteiger charge is 2.19. The van der Waals surface area contributed by atoms with E-state index >= 15 is 0 Å². The molecule has 0 aliphatic carbocycles. The number of imide groups is 1. The summed E-state index contributed by atoms with van der Waals surface area (Å²) in [6, 6.07) is 0.325. The summed E-state index contributed by atoms with van der Waals surface area (Å²) in [6.45, 7) is 2.81. The lowest BCUT2D eigenvalue weighted by molar-refractivity contribution is -0.120. The number of hydrogen-bond acceptors (Lipinski definition) is 3. The first-order valence-electron chi connectivity index (χ1n) is 5.14. The third kappa shape index (κ3) is 3.16. The monoisotopic (exact) mass is 257 g/mol. The summed E-state index contributed by atoms with van der Waals surface area (Å²) >= 11 is 0. The van der Waals surface area contributed by atoms with Crippen LogP contribution in [0.3, 0.4) is 0 Å². The number of nitrogens with two attached hydrogens (primary N) is 1. The first-order valence-corrected chi connectivity index (χ1v) is 5.14. The van der Waals surface area contributed by atoms with Gasteiger partial charge in [-0.2, -0.15) is 0 Å². The van der Waals surface area contributed by atoms with Crippen molar-refractivity contribution in [2.24, 2.45) is 5.73 Å². The molecule has 5 nitrogen and oxygen atoms in total. The molecule has 0 saturated carbocycles. The minimum absolute atomic E-state index is 0.237. The van der Waals surface area contributed by atoms with Gasteiger partial charge in [0.1, 0.15) is 17.5 Å². The van der Waals surface area contributed by atoms with Crippen LogP contribution < -0.4 is 16.4 Å². The second kappa shape index (κ2) is 5.44. The van der Waals surface area contributed by atoms with Crippen molar-refractivity contribution in [3.63, 3.8) is 0 Å². The molecule has 0 fully saturated rings. The van der Waals surface area contributed by atoms with E-state index in [1.807, 2.05) is 5.32 Å². The number of anilines is 1. The van der Waals surface area contributed by atoms with E-state index in [0.717, 1.165) is 6.07 Å². The molecule has 0 radical (unpaired) electrons. The normalized spacial score (nSPS) is 11.8. The highest BCUT2D eigenvalue weighted by Crippen LogP contribution is 2.22. The molecule has 0 aliphatic rings. The minimum atomic E-state index is -1.03. The Morgan fingerprint density at radius 2 is 1.94 bits per heavy atom. The van der Waals surface area contributed by atoms with Crippen LogP contribution in [-0.4, -0.2) is 18.0 Å². The average Bonchev–Trinajstić information content (AvgIpc) is 2.28. The molecule has 4 N–H and O–H groups in total. The molecule has 0 aromatic heterocycles. The molecule has 1 atom stereocenters. The molecule has 7 heteroatoms. The Morgan fingerprint density at radius 1 is 1.33 bits per heavy atom. The zero-order chi connectivity index (χ0) is 13.9. The van der Waals surface area contributed by atoms with Crippen molar-refractivity contribution in [1.29, 1.82) is 0 Å². The van der Waals surface area contributed by atoms with Crippen molar-refractivity contribution >= 4 is 17.6 Å². The third-order valence-electron chi connectivity index (χ3n) is 2.28. The first kappa shape index (κ1) is 13.9. The topological polar surface area (TPSA) is 84.2 Å². The molecule has 1 aromatic carbocycles. The van der Waals surface area contributed by atoms with Crippen LogP contribution >= 0.6 is 0 Å². The maximum absolute atomic E-state index is 13.6. The number of hydrogen-bond donors (Lipinski definition) is 3. The molecule has 98 valence electrons. The van der Waals surface area contributed by atoms with Crippen LogP contribution in [-0.2, 0) is 4.79 Å². The largest absolute Gasteiger partial charge is 0.369 e. The van der Waals surface area contributed by atoms with Crippen LogP contribution in [0.25, 0.3) is 0 Å². The van der Waals surface area contributed by atoms with Gasteiger partial charge in [0.05, 0.1) is 0 Å². The lowest BCUT2D eigenvalue weighted by Crippen LogP contribution is -2.43. The smallest absolute Gasteiger partial charge is 0.318 e. The number of benzene rings is 1. The Morgan fingerprint density at radius 3 is 2.50 bits per heavy atom. The van der Waals surface area contributed by atoms with Crippen LogP contribution in [0.1, 0.15) is 12.5 Å². The van der Waals surface area contributed by atoms with E-state index in [1.165, 1.54) is 19.9 Å². The van der Waals surface area contributed by atoms with Gasteiger partial charge >= 0.3 is 6.03 Å². The molecule has 0 bridgehead atoms. The van der Waals surface area contributed by atoms with Crippen molar-refractivity contribution in [2.75, 3.05) is 5.32 Å². The van der Waals surface area contributed by atoms with Crippen LogP contribution in [0.4, 0.5) is 19.3 Å². The third-order valence-corrected chi connectivity index (χ3v) is 2.28. The Balaban J connectivity index is 2.88. The van der Waals surface area contributed by atoms with Crippen molar-refractivity contribution < 1.29 is 18.4 Å². The fraction of sp³-hybridized carbons (Fsp3) is 0.273. The van der Waals surface area contributed by atoms with Gasteiger partial charge in [-0.15, -0.1) is 0 Å². The Hall–Kier alpha value is -2.18. The molecule has 0 aliphatic heterocycles. The standard InChI is InChI=1S/C11H13F2N3O2/c1-5-3-4-7(12)9(8(5)13)15-6(2)10(17)16-11(14)18/h3-4,6,15H,1-2H3,(H3,14,16,17,18). The van der Waals surface area contributed by atoms with Gasteiger partial charge in [0, 0.05) is 0 Å². The van der Waals surface area contributed by atoms with E-state index in [9.17, 15) is 18.4 Å². The first-order chi connectivity index (χ1) is 8.32. The van der Waals surface area contributed by atoms with E-state index in [-0.39, 0.29) is 5.56 Å². The summed E-state index contributed by atoms with van der Waals surface area (Å²) in [7, 11) is 0. The number of carbonyl (C=O) groups is 2. The van der Waals surface area contributed by atoms with Crippen molar-refractivity contribution in [2.45, 2.75) is 19.9 Å². The van der Waals surface area contributed by atoms with Crippen molar-refractivity contribution in [1.82, 2.24) is 5.32 Å². The molecule has 0 saturated heterocycles. The fourth-order valence-corrected chi connectivity index (χ4v) is 1.30. The van der Waals surface area contributed by atoms with E-state index in [1.54, 1.807) is 0 Å². The van der Waals surface area contributed by atoms with Gasteiger partial charge in [0.2, 0.25) is 5.91 Å². The minimum Gasteiger partial charge on any atom is -0.369 e. The summed E-state index contributed by atoms with van der Waals surface area (Å²) in [5.74, 6) is -2.38. The Kier molecular flexibility index (Phi) is 4.19. The SMILES string of the molecule is Cc1ccc(F)c(NC(C)C(=O)NC(N)=O)c1F. The van der Waals surface area contributed by atoms with Gasteiger partial charge < -0.3 is 11.1 Å². The second-order valence-corrected chi connectivity index (χ2v) is 3.77. The van der Waals surface area contributed by atoms with Crippen LogP contribution in [0.2, 0.25) is 0 Å². The van der Waals surface area contributed by atoms with Gasteiger partial charge in [-0.25, -0.2) is 13.6 Å². The van der Waals surface area contributed by atoms with Crippen LogP contribution in [0.15, 0.2) is 12.1 Å². The zero-order valence-corrected chi connectivity index (χ0v) is 9.88. The second-order valence-electron chi connectivity index (χ2n) is 3.77. The number of nitrogens with one attached hydrogen (secondary N) is 2. The average molecular weight is 257 g/mol. The predicted molar refractivity (Wildman–Crippen MR) is 61.9 cm³/mol. The van der Waals surface area contributed by atoms with Crippen molar-refractivity contribution in [3.05, 3.63) is 29.3 Å². The maximum Gasteiger partial charge on any atom is 0.318 e. The van der Waals surface area contributed by atoms with Crippen LogP contribution in [0, 0.1) is 18.6 Å². The number of halogens is 2. The fourth-order valence-electron chi connectivity index (χ4n) is 1.30. The van der Waals surface area contributed by atoms with Crippen LogP contribution in [0.5, 0.6) is 0 Å². The number of carbonyl (C=O) groups excluding carboxylic acids is 2. The predicted octanol–water partition coefficient (Wildman–Crippen LogP) is 1.27. The molecule has 18 heavy (non-hydrogen) atoms. The summed E-state index contributed by atoms with van der Waals surface area (Å²) < 4.78 is 27.0. The Bertz CT molecular complexity index is 491. The van der Waals surface area contributed by atoms with Gasteiger partial charge in [0.25, 0.3) is 0 Å². The summed E-state index contributed by atoms with van der Waals surface area (Å²) in [5, 5.41) is 4.16. The number of urea groups is 1. The molecule has 0 heterocycles. The van der Waals surface area contributed by atoms with Gasteiger partial charge in [-0.1, -0.05) is 6.07 Å². The highest BCUT2D eigenvalue weighted by molar-refractivity contribution is 5.97. The molecular formula is C11H13F2N3O2. The number of primary amides is 1. The lowest BCUT2D eigenvalue weighted by atomic mass is 10.2. The highest BCUT2D eigenvalue weighted by atomic mass is 19.1. The van der Waals surface area contributed by atoms with E-state index < -0.39 is 35.3 Å². The molecule has 1 unspecified atom stereocenters. The number of aryl methyl sites for hydroxylation is 1. The van der Waals surface area contributed by atoms with Crippen molar-refractivity contribution in [3.8, 4) is 0 Å².